The van der Waals surface area contributed by atoms with E-state index in [-0.39, 0.29) is 0 Å². The molecule has 5 heteroatoms. The fourth-order valence-electron chi connectivity index (χ4n) is 6.22. The van der Waals surface area contributed by atoms with Gasteiger partial charge in [-0.1, -0.05) is 127 Å². The van der Waals surface area contributed by atoms with Crippen LogP contribution >= 0.6 is 0 Å². The van der Waals surface area contributed by atoms with Gasteiger partial charge < -0.3 is 0 Å². The van der Waals surface area contributed by atoms with Crippen molar-refractivity contribution in [2.24, 2.45) is 0 Å². The summed E-state index contributed by atoms with van der Waals surface area (Å²) in [6.45, 7) is 0. The second kappa shape index (κ2) is 13.1. The first-order chi connectivity index (χ1) is 24.6. The lowest BCUT2D eigenvalue weighted by atomic mass is 9.90. The summed E-state index contributed by atoms with van der Waals surface area (Å²) < 4.78 is 0. The molecular formula is C45H27N5. The van der Waals surface area contributed by atoms with E-state index in [1.165, 1.54) is 0 Å². The summed E-state index contributed by atoms with van der Waals surface area (Å²) in [6.07, 6.45) is 0. The third-order valence-electron chi connectivity index (χ3n) is 8.78. The summed E-state index contributed by atoms with van der Waals surface area (Å²) in [5.41, 5.74) is 9.78. The zero-order valence-electron chi connectivity index (χ0n) is 26.8. The summed E-state index contributed by atoms with van der Waals surface area (Å²) in [6, 6.07) is 58.8. The maximum atomic E-state index is 9.62. The Morgan fingerprint density at radius 1 is 0.320 bits per heavy atom. The average molecular weight is 638 g/mol. The second-order valence-electron chi connectivity index (χ2n) is 12.0. The van der Waals surface area contributed by atoms with Gasteiger partial charge in [0.2, 0.25) is 0 Å². The van der Waals surface area contributed by atoms with Crippen molar-refractivity contribution in [2.75, 3.05) is 0 Å². The summed E-state index contributed by atoms with van der Waals surface area (Å²) in [5.74, 6) is 1.82. The quantitative estimate of drug-likeness (QED) is 0.181. The van der Waals surface area contributed by atoms with Crippen LogP contribution in [0.4, 0.5) is 0 Å². The van der Waals surface area contributed by atoms with Crippen LogP contribution in [0.5, 0.6) is 0 Å². The van der Waals surface area contributed by atoms with Gasteiger partial charge in [-0.25, -0.2) is 15.0 Å². The van der Waals surface area contributed by atoms with Crippen molar-refractivity contribution in [3.63, 3.8) is 0 Å². The molecule has 232 valence electrons. The summed E-state index contributed by atoms with van der Waals surface area (Å²) >= 11 is 0. The largest absolute Gasteiger partial charge is 0.208 e. The van der Waals surface area contributed by atoms with E-state index >= 15 is 0 Å². The van der Waals surface area contributed by atoms with Crippen molar-refractivity contribution in [1.82, 2.24) is 15.0 Å². The smallest absolute Gasteiger partial charge is 0.164 e. The number of hydrogen-bond acceptors (Lipinski definition) is 5. The number of nitriles is 2. The van der Waals surface area contributed by atoms with Gasteiger partial charge >= 0.3 is 0 Å². The molecule has 0 unspecified atom stereocenters. The molecule has 0 bridgehead atoms. The maximum absolute atomic E-state index is 9.62. The van der Waals surface area contributed by atoms with Gasteiger partial charge in [0.1, 0.15) is 0 Å². The fraction of sp³-hybridized carbons (Fsp3) is 0. The van der Waals surface area contributed by atoms with Crippen LogP contribution in [0.2, 0.25) is 0 Å². The molecule has 0 saturated heterocycles. The molecule has 0 N–H and O–H groups in total. The van der Waals surface area contributed by atoms with Crippen LogP contribution < -0.4 is 0 Å². The molecular weight excluding hydrogens is 611 g/mol. The van der Waals surface area contributed by atoms with Crippen LogP contribution in [0, 0.1) is 22.7 Å². The molecule has 1 heterocycles. The number of rotatable bonds is 6. The average Bonchev–Trinajstić information content (AvgIpc) is 3.20. The first-order valence-corrected chi connectivity index (χ1v) is 16.2. The van der Waals surface area contributed by atoms with E-state index in [1.807, 2.05) is 91.0 Å². The number of benzene rings is 7. The van der Waals surface area contributed by atoms with Crippen molar-refractivity contribution in [3.8, 4) is 79.7 Å². The van der Waals surface area contributed by atoms with E-state index in [2.05, 4.69) is 72.8 Å². The van der Waals surface area contributed by atoms with E-state index in [9.17, 15) is 10.5 Å². The Hall–Kier alpha value is -7.21. The first-order valence-electron chi connectivity index (χ1n) is 16.2. The van der Waals surface area contributed by atoms with Crippen molar-refractivity contribution >= 4 is 10.8 Å². The third kappa shape index (κ3) is 6.00. The van der Waals surface area contributed by atoms with Crippen LogP contribution in [0.1, 0.15) is 11.1 Å². The molecule has 5 nitrogen and oxygen atoms in total. The third-order valence-corrected chi connectivity index (χ3v) is 8.78. The molecule has 50 heavy (non-hydrogen) atoms. The van der Waals surface area contributed by atoms with Gasteiger partial charge in [-0.05, 0) is 80.6 Å². The number of hydrogen-bond donors (Lipinski definition) is 0. The van der Waals surface area contributed by atoms with E-state index in [4.69, 9.17) is 15.0 Å². The van der Waals surface area contributed by atoms with E-state index in [0.717, 1.165) is 60.8 Å². The molecule has 1 aromatic heterocycles. The molecule has 0 aliphatic heterocycles. The Kier molecular flexibility index (Phi) is 7.91. The van der Waals surface area contributed by atoms with Gasteiger partial charge in [0, 0.05) is 16.7 Å². The zero-order valence-corrected chi connectivity index (χ0v) is 26.8. The molecule has 0 fully saturated rings. The Bertz CT molecular complexity index is 2610. The monoisotopic (exact) mass is 637 g/mol. The Morgan fingerprint density at radius 2 is 0.820 bits per heavy atom. The molecule has 0 amide bonds. The van der Waals surface area contributed by atoms with E-state index < -0.39 is 0 Å². The SMILES string of the molecule is N#Cc1cccc(-c2ccc(-c3ccc(-c4nc(-c5ccccc5)nc(-c5ccc6ccccc6c5)n4)cc3)cc2-c2cccc(C#N)c2)c1. The molecule has 0 aliphatic carbocycles. The zero-order chi connectivity index (χ0) is 33.9. The van der Waals surface area contributed by atoms with E-state index in [1.54, 1.807) is 12.1 Å². The lowest BCUT2D eigenvalue weighted by Gasteiger charge is -2.14. The van der Waals surface area contributed by atoms with Gasteiger partial charge in [0.05, 0.1) is 23.3 Å². The van der Waals surface area contributed by atoms with Crippen LogP contribution in [0.3, 0.4) is 0 Å². The number of fused-ring (bicyclic) bond motifs is 1. The fourth-order valence-corrected chi connectivity index (χ4v) is 6.22. The van der Waals surface area contributed by atoms with Gasteiger partial charge in [0.25, 0.3) is 0 Å². The topological polar surface area (TPSA) is 86.2 Å². The molecule has 0 aliphatic rings. The molecule has 8 rings (SSSR count). The Morgan fingerprint density at radius 3 is 1.48 bits per heavy atom. The number of aromatic nitrogens is 3. The molecule has 0 saturated carbocycles. The van der Waals surface area contributed by atoms with Crippen LogP contribution in [-0.4, -0.2) is 15.0 Å². The predicted octanol–water partition coefficient (Wildman–Crippen LogP) is 10.8. The highest BCUT2D eigenvalue weighted by Crippen LogP contribution is 2.37. The molecule has 8 aromatic rings. The lowest BCUT2D eigenvalue weighted by molar-refractivity contribution is 1.07. The van der Waals surface area contributed by atoms with Gasteiger partial charge in [0.15, 0.2) is 17.5 Å². The first kappa shape index (κ1) is 30.1. The summed E-state index contributed by atoms with van der Waals surface area (Å²) in [5, 5.41) is 21.5. The van der Waals surface area contributed by atoms with Gasteiger partial charge in [-0.3, -0.25) is 0 Å². The van der Waals surface area contributed by atoms with Crippen LogP contribution in [-0.2, 0) is 0 Å². The molecule has 0 atom stereocenters. The Labute approximate surface area is 290 Å². The lowest BCUT2D eigenvalue weighted by Crippen LogP contribution is -2.00. The summed E-state index contributed by atoms with van der Waals surface area (Å²) in [4.78, 5) is 14.8. The van der Waals surface area contributed by atoms with E-state index in [0.29, 0.717) is 28.6 Å². The molecule has 0 radical (unpaired) electrons. The van der Waals surface area contributed by atoms with Crippen molar-refractivity contribution in [1.29, 1.82) is 10.5 Å². The molecule has 7 aromatic carbocycles. The highest BCUT2D eigenvalue weighted by Gasteiger charge is 2.15. The number of nitrogens with zero attached hydrogens (tertiary/aromatic N) is 5. The maximum Gasteiger partial charge on any atom is 0.164 e. The standard InChI is InChI=1S/C45H27N5/c46-28-30-8-6-14-38(24-30)41-23-22-37(27-42(41)39-15-7-9-31(25-39)29-47)33-16-19-35(20-17-33)44-48-43(34-11-2-1-3-12-34)49-45(50-44)40-21-18-32-10-4-5-13-36(32)26-40/h1-27H. The van der Waals surface area contributed by atoms with Crippen molar-refractivity contribution in [3.05, 3.63) is 175 Å². The predicted molar refractivity (Wildman–Crippen MR) is 199 cm³/mol. The van der Waals surface area contributed by atoms with Crippen molar-refractivity contribution < 1.29 is 0 Å². The van der Waals surface area contributed by atoms with Crippen LogP contribution in [0.25, 0.3) is 78.3 Å². The van der Waals surface area contributed by atoms with Crippen LogP contribution in [0.15, 0.2) is 164 Å². The minimum atomic E-state index is 0.587. The van der Waals surface area contributed by atoms with Gasteiger partial charge in [-0.2, -0.15) is 10.5 Å². The molecule has 0 spiro atoms. The minimum Gasteiger partial charge on any atom is -0.208 e. The van der Waals surface area contributed by atoms with Crippen molar-refractivity contribution in [2.45, 2.75) is 0 Å². The minimum absolute atomic E-state index is 0.587. The highest BCUT2D eigenvalue weighted by atomic mass is 15.0. The Balaban J connectivity index is 1.21. The summed E-state index contributed by atoms with van der Waals surface area (Å²) in [7, 11) is 0. The normalized spacial score (nSPS) is 10.8. The van der Waals surface area contributed by atoms with Gasteiger partial charge in [-0.15, -0.1) is 0 Å². The second-order valence-corrected chi connectivity index (χ2v) is 12.0. The highest BCUT2D eigenvalue weighted by molar-refractivity contribution is 5.89.